The fraction of sp³-hybridized carbons (Fsp3) is 0.542. The van der Waals surface area contributed by atoms with Gasteiger partial charge in [-0.1, -0.05) is 50.6 Å². The lowest BCUT2D eigenvalue weighted by Gasteiger charge is -2.28. The van der Waals surface area contributed by atoms with Crippen molar-refractivity contribution in [3.05, 3.63) is 41.1 Å². The van der Waals surface area contributed by atoms with E-state index in [1.807, 2.05) is 45.0 Å². The van der Waals surface area contributed by atoms with Gasteiger partial charge in [-0.05, 0) is 51.3 Å². The summed E-state index contributed by atoms with van der Waals surface area (Å²) in [5.74, 6) is 2.07. The molecule has 0 saturated carbocycles. The minimum Gasteiger partial charge on any atom is -0.491 e. The van der Waals surface area contributed by atoms with Crippen LogP contribution in [0.15, 0.2) is 40.7 Å². The van der Waals surface area contributed by atoms with Gasteiger partial charge in [-0.25, -0.2) is 9.48 Å². The number of anilines is 1. The summed E-state index contributed by atoms with van der Waals surface area (Å²) < 4.78 is 13.2. The van der Waals surface area contributed by atoms with Crippen LogP contribution in [0.25, 0.3) is 0 Å². The first-order chi connectivity index (χ1) is 15.4. The molecule has 1 atom stereocenters. The van der Waals surface area contributed by atoms with Crippen LogP contribution in [-0.2, 0) is 9.53 Å². The van der Waals surface area contributed by atoms with E-state index in [2.05, 4.69) is 24.1 Å². The number of hydrogen-bond donors (Lipinski definition) is 1. The summed E-state index contributed by atoms with van der Waals surface area (Å²) in [5.41, 5.74) is 2.23. The summed E-state index contributed by atoms with van der Waals surface area (Å²) in [6, 6.07) is 7.41. The average molecular weight is 459 g/mol. The van der Waals surface area contributed by atoms with Gasteiger partial charge in [0.25, 0.3) is 0 Å². The number of unbranched alkanes of at least 4 members (excludes halogenated alkanes) is 2. The SMILES string of the molecule is CCCCOC(=O)C1=C(C)Nc2nc(SCCCC)nn2C1c1ccc(OC(C)C)cc1. The van der Waals surface area contributed by atoms with E-state index in [-0.39, 0.29) is 12.1 Å². The molecule has 0 fully saturated rings. The van der Waals surface area contributed by atoms with Crippen molar-refractivity contribution in [2.75, 3.05) is 17.7 Å². The minimum atomic E-state index is -0.415. The quantitative estimate of drug-likeness (QED) is 0.267. The first kappa shape index (κ1) is 24.2. The summed E-state index contributed by atoms with van der Waals surface area (Å²) >= 11 is 1.63. The number of rotatable bonds is 11. The van der Waals surface area contributed by atoms with Crippen LogP contribution in [0.5, 0.6) is 5.75 Å². The van der Waals surface area contributed by atoms with Gasteiger partial charge < -0.3 is 14.8 Å². The van der Waals surface area contributed by atoms with Gasteiger partial charge in [-0.15, -0.1) is 5.10 Å². The summed E-state index contributed by atoms with van der Waals surface area (Å²) in [7, 11) is 0. The molecule has 0 saturated heterocycles. The maximum atomic E-state index is 13.1. The Labute approximate surface area is 195 Å². The van der Waals surface area contributed by atoms with Gasteiger partial charge in [-0.3, -0.25) is 0 Å². The summed E-state index contributed by atoms with van der Waals surface area (Å²) in [4.78, 5) is 17.8. The van der Waals surface area contributed by atoms with Gasteiger partial charge in [0, 0.05) is 11.4 Å². The number of aromatic nitrogens is 3. The standard InChI is InChI=1S/C24H34N4O3S/c1-6-8-14-30-22(29)20-17(5)25-23-26-24(32-15-9-7-2)27-28(23)21(20)18-10-12-19(13-11-18)31-16(3)4/h10-13,16,21H,6-9,14-15H2,1-5H3,(H,25,26,27). The zero-order chi connectivity index (χ0) is 23.1. The molecule has 1 aliphatic heterocycles. The number of nitrogens with zero attached hydrogens (tertiary/aromatic N) is 3. The van der Waals surface area contributed by atoms with Gasteiger partial charge >= 0.3 is 5.97 Å². The van der Waals surface area contributed by atoms with Crippen molar-refractivity contribution < 1.29 is 14.3 Å². The smallest absolute Gasteiger partial charge is 0.338 e. The number of allylic oxidation sites excluding steroid dienone is 1. The molecular formula is C24H34N4O3S. The van der Waals surface area contributed by atoms with E-state index in [1.165, 1.54) is 0 Å². The van der Waals surface area contributed by atoms with Crippen LogP contribution in [0, 0.1) is 0 Å². The van der Waals surface area contributed by atoms with Crippen molar-refractivity contribution in [2.45, 2.75) is 77.6 Å². The molecule has 174 valence electrons. The second-order valence-corrected chi connectivity index (χ2v) is 9.22. The lowest BCUT2D eigenvalue weighted by Crippen LogP contribution is -2.29. The number of benzene rings is 1. The Hall–Kier alpha value is -2.48. The molecule has 2 heterocycles. The van der Waals surface area contributed by atoms with Gasteiger partial charge in [0.1, 0.15) is 11.8 Å². The van der Waals surface area contributed by atoms with Crippen molar-refractivity contribution in [2.24, 2.45) is 0 Å². The largest absolute Gasteiger partial charge is 0.491 e. The fourth-order valence-corrected chi connectivity index (χ4v) is 4.37. The minimum absolute atomic E-state index is 0.0931. The lowest BCUT2D eigenvalue weighted by molar-refractivity contribution is -0.139. The van der Waals surface area contributed by atoms with Crippen molar-refractivity contribution in [1.29, 1.82) is 0 Å². The van der Waals surface area contributed by atoms with Gasteiger partial charge in [0.15, 0.2) is 0 Å². The fourth-order valence-electron chi connectivity index (χ4n) is 3.46. The van der Waals surface area contributed by atoms with E-state index in [1.54, 1.807) is 16.4 Å². The van der Waals surface area contributed by atoms with Gasteiger partial charge in [-0.2, -0.15) is 4.98 Å². The van der Waals surface area contributed by atoms with Crippen molar-refractivity contribution >= 4 is 23.7 Å². The Morgan fingerprint density at radius 1 is 1.19 bits per heavy atom. The van der Waals surface area contributed by atoms with Crippen LogP contribution >= 0.6 is 11.8 Å². The Bertz CT molecular complexity index is 937. The molecule has 1 aromatic carbocycles. The Balaban J connectivity index is 1.96. The van der Waals surface area contributed by atoms with E-state index in [9.17, 15) is 4.79 Å². The normalized spacial score (nSPS) is 15.5. The Kier molecular flexibility index (Phi) is 8.61. The average Bonchev–Trinajstić information content (AvgIpc) is 3.15. The molecule has 0 amide bonds. The summed E-state index contributed by atoms with van der Waals surface area (Å²) in [6.07, 6.45) is 4.13. The number of carbonyl (C=O) groups excluding carboxylic acids is 1. The number of fused-ring (bicyclic) bond motifs is 1. The van der Waals surface area contributed by atoms with Gasteiger partial charge in [0.2, 0.25) is 11.1 Å². The summed E-state index contributed by atoms with van der Waals surface area (Å²) in [6.45, 7) is 10.5. The molecule has 1 aliphatic rings. The highest BCUT2D eigenvalue weighted by atomic mass is 32.2. The molecule has 0 bridgehead atoms. The highest BCUT2D eigenvalue weighted by Crippen LogP contribution is 2.37. The second kappa shape index (κ2) is 11.4. The molecule has 1 unspecified atom stereocenters. The first-order valence-corrected chi connectivity index (χ1v) is 12.4. The van der Waals surface area contributed by atoms with Crippen molar-refractivity contribution in [1.82, 2.24) is 14.8 Å². The third-order valence-corrected chi connectivity index (χ3v) is 6.00. The van der Waals surface area contributed by atoms with Crippen molar-refractivity contribution in [3.8, 4) is 5.75 Å². The van der Waals surface area contributed by atoms with Crippen LogP contribution < -0.4 is 10.1 Å². The number of thioether (sulfide) groups is 1. The third kappa shape index (κ3) is 5.85. The second-order valence-electron chi connectivity index (χ2n) is 8.16. The number of hydrogen-bond acceptors (Lipinski definition) is 7. The number of carbonyl (C=O) groups is 1. The first-order valence-electron chi connectivity index (χ1n) is 11.4. The molecule has 1 aromatic heterocycles. The van der Waals surface area contributed by atoms with Crippen LogP contribution in [0.3, 0.4) is 0 Å². The maximum Gasteiger partial charge on any atom is 0.338 e. The molecule has 3 rings (SSSR count). The van der Waals surface area contributed by atoms with E-state index in [4.69, 9.17) is 14.6 Å². The maximum absolute atomic E-state index is 13.1. The van der Waals surface area contributed by atoms with Crippen LogP contribution in [0.1, 0.15) is 71.9 Å². The van der Waals surface area contributed by atoms with Crippen LogP contribution in [-0.4, -0.2) is 39.2 Å². The number of ether oxygens (including phenoxy) is 2. The lowest BCUT2D eigenvalue weighted by atomic mass is 9.95. The molecule has 0 spiro atoms. The Morgan fingerprint density at radius 2 is 1.91 bits per heavy atom. The summed E-state index contributed by atoms with van der Waals surface area (Å²) in [5, 5.41) is 8.71. The van der Waals surface area contributed by atoms with Crippen LogP contribution in [0.4, 0.5) is 5.95 Å². The predicted molar refractivity (Wildman–Crippen MR) is 128 cm³/mol. The molecule has 1 N–H and O–H groups in total. The van der Waals surface area contributed by atoms with E-state index >= 15 is 0 Å². The highest BCUT2D eigenvalue weighted by Gasteiger charge is 2.35. The number of esters is 1. The third-order valence-electron chi connectivity index (χ3n) is 5.08. The zero-order valence-corrected chi connectivity index (χ0v) is 20.5. The highest BCUT2D eigenvalue weighted by molar-refractivity contribution is 7.99. The van der Waals surface area contributed by atoms with Crippen LogP contribution in [0.2, 0.25) is 0 Å². The molecule has 32 heavy (non-hydrogen) atoms. The van der Waals surface area contributed by atoms with E-state index < -0.39 is 6.04 Å². The van der Waals surface area contributed by atoms with Crippen molar-refractivity contribution in [3.63, 3.8) is 0 Å². The van der Waals surface area contributed by atoms with E-state index in [0.717, 1.165) is 48.4 Å². The zero-order valence-electron chi connectivity index (χ0n) is 19.7. The topological polar surface area (TPSA) is 78.3 Å². The monoisotopic (exact) mass is 458 g/mol. The van der Waals surface area contributed by atoms with Gasteiger partial charge in [0.05, 0.1) is 18.3 Å². The molecular weight excluding hydrogens is 424 g/mol. The molecule has 2 aromatic rings. The Morgan fingerprint density at radius 3 is 2.56 bits per heavy atom. The molecule has 7 nitrogen and oxygen atoms in total. The predicted octanol–water partition coefficient (Wildman–Crippen LogP) is 5.59. The number of nitrogens with one attached hydrogen (secondary N) is 1. The van der Waals surface area contributed by atoms with E-state index in [0.29, 0.717) is 23.3 Å². The molecule has 0 aliphatic carbocycles. The molecule has 0 radical (unpaired) electrons. The molecule has 8 heteroatoms.